The molecule has 1 aliphatic rings. The van der Waals surface area contributed by atoms with Gasteiger partial charge >= 0.3 is 0 Å². The molecule has 3 nitrogen and oxygen atoms in total. The monoisotopic (exact) mass is 201 g/mol. The average molecular weight is 201 g/mol. The SMILES string of the molecule is CC(CC#N)C1CCCS(=O)(=O)C1. The van der Waals surface area contributed by atoms with Crippen LogP contribution in [-0.4, -0.2) is 19.9 Å². The Bertz CT molecular complexity index is 302. The summed E-state index contributed by atoms with van der Waals surface area (Å²) in [5, 5.41) is 8.50. The Kier molecular flexibility index (Phi) is 3.32. The highest BCUT2D eigenvalue weighted by Gasteiger charge is 2.28. The van der Waals surface area contributed by atoms with Gasteiger partial charge in [-0.1, -0.05) is 6.92 Å². The fourth-order valence-electron chi connectivity index (χ4n) is 1.82. The zero-order chi connectivity index (χ0) is 9.90. The first-order valence-corrected chi connectivity index (χ1v) is 6.44. The van der Waals surface area contributed by atoms with Crippen molar-refractivity contribution in [1.82, 2.24) is 0 Å². The zero-order valence-electron chi connectivity index (χ0n) is 7.86. The van der Waals surface area contributed by atoms with Crippen LogP contribution in [0.4, 0.5) is 0 Å². The first-order chi connectivity index (χ1) is 6.05. The number of hydrogen-bond acceptors (Lipinski definition) is 3. The molecule has 4 heteroatoms. The smallest absolute Gasteiger partial charge is 0.150 e. The molecule has 1 heterocycles. The molecule has 2 atom stereocenters. The molecule has 1 fully saturated rings. The summed E-state index contributed by atoms with van der Waals surface area (Å²) in [6.45, 7) is 1.97. The van der Waals surface area contributed by atoms with Gasteiger partial charge in [0, 0.05) is 6.42 Å². The van der Waals surface area contributed by atoms with E-state index in [4.69, 9.17) is 5.26 Å². The fourth-order valence-corrected chi connectivity index (χ4v) is 3.74. The quantitative estimate of drug-likeness (QED) is 0.677. The third-order valence-corrected chi connectivity index (χ3v) is 4.56. The number of nitriles is 1. The minimum atomic E-state index is -2.80. The van der Waals surface area contributed by atoms with Crippen molar-refractivity contribution in [3.63, 3.8) is 0 Å². The Morgan fingerprint density at radius 3 is 2.85 bits per heavy atom. The Balaban J connectivity index is 2.57. The minimum absolute atomic E-state index is 0.207. The van der Waals surface area contributed by atoms with Gasteiger partial charge in [-0.3, -0.25) is 0 Å². The number of rotatable bonds is 2. The molecule has 1 aliphatic heterocycles. The lowest BCUT2D eigenvalue weighted by Crippen LogP contribution is -2.29. The lowest BCUT2D eigenvalue weighted by atomic mass is 9.89. The molecule has 0 aromatic rings. The van der Waals surface area contributed by atoms with Crippen molar-refractivity contribution in [2.75, 3.05) is 11.5 Å². The van der Waals surface area contributed by atoms with Crippen molar-refractivity contribution in [3.05, 3.63) is 0 Å². The van der Waals surface area contributed by atoms with E-state index in [1.807, 2.05) is 6.92 Å². The van der Waals surface area contributed by atoms with Crippen LogP contribution in [0.25, 0.3) is 0 Å². The molecule has 74 valence electrons. The van der Waals surface area contributed by atoms with Crippen LogP contribution in [-0.2, 0) is 9.84 Å². The fraction of sp³-hybridized carbons (Fsp3) is 0.889. The van der Waals surface area contributed by atoms with E-state index in [0.29, 0.717) is 12.2 Å². The molecule has 0 N–H and O–H groups in total. The van der Waals surface area contributed by atoms with Crippen LogP contribution in [0, 0.1) is 23.2 Å². The van der Waals surface area contributed by atoms with Crippen LogP contribution >= 0.6 is 0 Å². The van der Waals surface area contributed by atoms with E-state index in [0.717, 1.165) is 12.8 Å². The van der Waals surface area contributed by atoms with Gasteiger partial charge in [0.2, 0.25) is 0 Å². The third kappa shape index (κ3) is 3.00. The second kappa shape index (κ2) is 4.10. The molecule has 0 spiro atoms. The van der Waals surface area contributed by atoms with E-state index in [1.165, 1.54) is 0 Å². The highest BCUT2D eigenvalue weighted by molar-refractivity contribution is 7.91. The first-order valence-electron chi connectivity index (χ1n) is 4.62. The zero-order valence-corrected chi connectivity index (χ0v) is 8.68. The molecule has 0 aromatic heterocycles. The molecule has 0 amide bonds. The van der Waals surface area contributed by atoms with Gasteiger partial charge in [0.05, 0.1) is 17.6 Å². The van der Waals surface area contributed by atoms with Gasteiger partial charge in [0.25, 0.3) is 0 Å². The van der Waals surface area contributed by atoms with Crippen LogP contribution in [0.2, 0.25) is 0 Å². The van der Waals surface area contributed by atoms with E-state index < -0.39 is 9.84 Å². The molecule has 13 heavy (non-hydrogen) atoms. The lowest BCUT2D eigenvalue weighted by Gasteiger charge is -2.25. The van der Waals surface area contributed by atoms with Gasteiger partial charge in [0.15, 0.2) is 9.84 Å². The highest BCUT2D eigenvalue weighted by atomic mass is 32.2. The summed E-state index contributed by atoms with van der Waals surface area (Å²) in [5.41, 5.74) is 0. The van der Waals surface area contributed by atoms with Crippen molar-refractivity contribution in [2.24, 2.45) is 11.8 Å². The maximum atomic E-state index is 11.3. The number of hydrogen-bond donors (Lipinski definition) is 0. The summed E-state index contributed by atoms with van der Waals surface area (Å²) >= 11 is 0. The van der Waals surface area contributed by atoms with Crippen molar-refractivity contribution < 1.29 is 8.42 Å². The summed E-state index contributed by atoms with van der Waals surface area (Å²) in [7, 11) is -2.80. The summed E-state index contributed by atoms with van der Waals surface area (Å²) in [4.78, 5) is 0. The Labute approximate surface area is 79.7 Å². The molecule has 0 radical (unpaired) electrons. The molecule has 1 rings (SSSR count). The minimum Gasteiger partial charge on any atom is -0.229 e. The first kappa shape index (κ1) is 10.5. The second-order valence-corrected chi connectivity index (χ2v) is 6.08. The van der Waals surface area contributed by atoms with Gasteiger partial charge in [-0.15, -0.1) is 0 Å². The normalized spacial score (nSPS) is 29.1. The van der Waals surface area contributed by atoms with E-state index in [1.54, 1.807) is 0 Å². The summed E-state index contributed by atoms with van der Waals surface area (Å²) in [6.07, 6.45) is 2.20. The van der Waals surface area contributed by atoms with Gasteiger partial charge in [0.1, 0.15) is 0 Å². The van der Waals surface area contributed by atoms with Crippen LogP contribution in [0.1, 0.15) is 26.2 Å². The maximum absolute atomic E-state index is 11.3. The molecular weight excluding hydrogens is 186 g/mol. The van der Waals surface area contributed by atoms with Crippen LogP contribution in [0.3, 0.4) is 0 Å². The molecule has 2 unspecified atom stereocenters. The molecular formula is C9H15NO2S. The van der Waals surface area contributed by atoms with Gasteiger partial charge < -0.3 is 0 Å². The van der Waals surface area contributed by atoms with Crippen LogP contribution < -0.4 is 0 Å². The maximum Gasteiger partial charge on any atom is 0.150 e. The van der Waals surface area contributed by atoms with Crippen molar-refractivity contribution in [1.29, 1.82) is 5.26 Å². The Morgan fingerprint density at radius 2 is 2.31 bits per heavy atom. The number of sulfone groups is 1. The Morgan fingerprint density at radius 1 is 1.62 bits per heavy atom. The van der Waals surface area contributed by atoms with Crippen molar-refractivity contribution in [2.45, 2.75) is 26.2 Å². The van der Waals surface area contributed by atoms with Gasteiger partial charge in [-0.25, -0.2) is 8.42 Å². The molecule has 1 saturated heterocycles. The van der Waals surface area contributed by atoms with E-state index >= 15 is 0 Å². The van der Waals surface area contributed by atoms with Gasteiger partial charge in [-0.2, -0.15) is 5.26 Å². The highest BCUT2D eigenvalue weighted by Crippen LogP contribution is 2.26. The predicted octanol–water partition coefficient (Wildman–Crippen LogP) is 1.36. The van der Waals surface area contributed by atoms with Gasteiger partial charge in [-0.05, 0) is 24.7 Å². The summed E-state index contributed by atoms with van der Waals surface area (Å²) in [5.74, 6) is 1.05. The summed E-state index contributed by atoms with van der Waals surface area (Å²) in [6, 6.07) is 2.10. The molecule has 0 aliphatic carbocycles. The lowest BCUT2D eigenvalue weighted by molar-refractivity contribution is 0.356. The predicted molar refractivity (Wildman–Crippen MR) is 50.8 cm³/mol. The van der Waals surface area contributed by atoms with Crippen LogP contribution in [0.15, 0.2) is 0 Å². The summed E-state index contributed by atoms with van der Waals surface area (Å²) < 4.78 is 22.6. The molecule has 0 saturated carbocycles. The van der Waals surface area contributed by atoms with E-state index in [2.05, 4.69) is 6.07 Å². The molecule has 0 bridgehead atoms. The third-order valence-electron chi connectivity index (χ3n) is 2.72. The average Bonchev–Trinajstić information content (AvgIpc) is 2.03. The largest absolute Gasteiger partial charge is 0.229 e. The van der Waals surface area contributed by atoms with Crippen LogP contribution in [0.5, 0.6) is 0 Å². The standard InChI is InChI=1S/C9H15NO2S/c1-8(4-5-10)9-3-2-6-13(11,12)7-9/h8-9H,2-4,6-7H2,1H3. The van der Waals surface area contributed by atoms with E-state index in [-0.39, 0.29) is 17.6 Å². The Hall–Kier alpha value is -0.560. The molecule has 0 aromatic carbocycles. The second-order valence-electron chi connectivity index (χ2n) is 3.86. The van der Waals surface area contributed by atoms with Crippen molar-refractivity contribution >= 4 is 9.84 Å². The van der Waals surface area contributed by atoms with Crippen molar-refractivity contribution in [3.8, 4) is 6.07 Å². The topological polar surface area (TPSA) is 57.9 Å². The van der Waals surface area contributed by atoms with E-state index in [9.17, 15) is 8.42 Å². The number of nitrogens with zero attached hydrogens (tertiary/aromatic N) is 1.